The van der Waals surface area contributed by atoms with Crippen LogP contribution in [0.5, 0.6) is 0 Å². The van der Waals surface area contributed by atoms with Gasteiger partial charge in [-0.3, -0.25) is 0 Å². The summed E-state index contributed by atoms with van der Waals surface area (Å²) >= 11 is 15.6. The van der Waals surface area contributed by atoms with E-state index in [1.807, 2.05) is 0 Å². The molecule has 0 heterocycles. The maximum absolute atomic E-state index is 13.1. The highest BCUT2D eigenvalue weighted by atomic mass is 79.9. The van der Waals surface area contributed by atoms with Crippen molar-refractivity contribution in [2.45, 2.75) is 5.38 Å². The molecule has 2 aromatic carbocycles. The topological polar surface area (TPSA) is 0 Å². The molecule has 2 aromatic rings. The number of benzene rings is 2. The Morgan fingerprint density at radius 1 is 1.00 bits per heavy atom. The Balaban J connectivity index is 2.41. The molecule has 0 saturated carbocycles. The van der Waals surface area contributed by atoms with Gasteiger partial charge in [0.2, 0.25) is 0 Å². The van der Waals surface area contributed by atoms with Crippen molar-refractivity contribution in [3.05, 3.63) is 68.7 Å². The molecule has 5 heteroatoms. The molecule has 0 fully saturated rings. The van der Waals surface area contributed by atoms with Crippen molar-refractivity contribution >= 4 is 39.1 Å². The SMILES string of the molecule is Fc1ccc(C(Cl)c2ccc(Br)cc2Cl)cc1F. The number of rotatable bonds is 2. The predicted molar refractivity (Wildman–Crippen MR) is 73.2 cm³/mol. The Morgan fingerprint density at radius 3 is 2.33 bits per heavy atom. The molecule has 0 amide bonds. The highest BCUT2D eigenvalue weighted by Crippen LogP contribution is 2.35. The first-order chi connectivity index (χ1) is 8.49. The molecule has 0 saturated heterocycles. The lowest BCUT2D eigenvalue weighted by atomic mass is 10.0. The fraction of sp³-hybridized carbons (Fsp3) is 0.0769. The van der Waals surface area contributed by atoms with Crippen LogP contribution in [-0.4, -0.2) is 0 Å². The molecule has 0 aromatic heterocycles. The van der Waals surface area contributed by atoms with Crippen LogP contribution in [0.25, 0.3) is 0 Å². The van der Waals surface area contributed by atoms with Crippen LogP contribution >= 0.6 is 39.1 Å². The van der Waals surface area contributed by atoms with Crippen molar-refractivity contribution in [1.82, 2.24) is 0 Å². The van der Waals surface area contributed by atoms with E-state index in [9.17, 15) is 8.78 Å². The molecule has 2 rings (SSSR count). The van der Waals surface area contributed by atoms with E-state index in [0.29, 0.717) is 16.1 Å². The summed E-state index contributed by atoms with van der Waals surface area (Å²) in [7, 11) is 0. The fourth-order valence-corrected chi connectivity index (χ4v) is 2.72. The van der Waals surface area contributed by atoms with Gasteiger partial charge in [0.15, 0.2) is 11.6 Å². The van der Waals surface area contributed by atoms with Gasteiger partial charge >= 0.3 is 0 Å². The van der Waals surface area contributed by atoms with Gasteiger partial charge < -0.3 is 0 Å². The summed E-state index contributed by atoms with van der Waals surface area (Å²) in [4.78, 5) is 0. The summed E-state index contributed by atoms with van der Waals surface area (Å²) in [5.74, 6) is -1.82. The number of halogens is 5. The van der Waals surface area contributed by atoms with Crippen LogP contribution in [-0.2, 0) is 0 Å². The molecule has 0 aliphatic heterocycles. The maximum Gasteiger partial charge on any atom is 0.159 e. The van der Waals surface area contributed by atoms with Gasteiger partial charge in [0, 0.05) is 9.50 Å². The van der Waals surface area contributed by atoms with E-state index in [1.165, 1.54) is 6.07 Å². The molecule has 0 aliphatic rings. The smallest absolute Gasteiger partial charge is 0.159 e. The van der Waals surface area contributed by atoms with Crippen LogP contribution in [0.2, 0.25) is 5.02 Å². The quantitative estimate of drug-likeness (QED) is 0.608. The van der Waals surface area contributed by atoms with Crippen LogP contribution in [0, 0.1) is 11.6 Å². The zero-order valence-electron chi connectivity index (χ0n) is 8.93. The van der Waals surface area contributed by atoms with Gasteiger partial charge in [-0.15, -0.1) is 11.6 Å². The first-order valence-corrected chi connectivity index (χ1v) is 6.63. The molecule has 1 atom stereocenters. The summed E-state index contributed by atoms with van der Waals surface area (Å²) in [6.45, 7) is 0. The molecule has 0 spiro atoms. The van der Waals surface area contributed by atoms with Gasteiger partial charge in [0.25, 0.3) is 0 Å². The van der Waals surface area contributed by atoms with E-state index in [2.05, 4.69) is 15.9 Å². The summed E-state index contributed by atoms with van der Waals surface area (Å²) in [5, 5.41) is -0.158. The second-order valence-electron chi connectivity index (χ2n) is 3.70. The Bertz CT molecular complexity index is 587. The Labute approximate surface area is 122 Å². The van der Waals surface area contributed by atoms with E-state index in [1.54, 1.807) is 18.2 Å². The molecule has 0 N–H and O–H groups in total. The Hall–Kier alpha value is -0.640. The standard InChI is InChI=1S/C13H7BrCl2F2/c14-8-2-3-9(10(15)6-8)13(16)7-1-4-11(17)12(18)5-7/h1-6,13H. The second-order valence-corrected chi connectivity index (χ2v) is 5.46. The normalized spacial score (nSPS) is 12.5. The molecule has 0 bridgehead atoms. The lowest BCUT2D eigenvalue weighted by Crippen LogP contribution is -1.96. The molecule has 0 nitrogen and oxygen atoms in total. The van der Waals surface area contributed by atoms with Crippen LogP contribution in [0.15, 0.2) is 40.9 Å². The number of alkyl halides is 1. The van der Waals surface area contributed by atoms with Gasteiger partial charge in [0.1, 0.15) is 0 Å². The molecular formula is C13H7BrCl2F2. The van der Waals surface area contributed by atoms with Crippen molar-refractivity contribution in [1.29, 1.82) is 0 Å². The first-order valence-electron chi connectivity index (χ1n) is 5.03. The highest BCUT2D eigenvalue weighted by Gasteiger charge is 2.16. The summed E-state index contributed by atoms with van der Waals surface area (Å²) < 4.78 is 26.8. The van der Waals surface area contributed by atoms with Gasteiger partial charge in [-0.2, -0.15) is 0 Å². The van der Waals surface area contributed by atoms with E-state index >= 15 is 0 Å². The maximum atomic E-state index is 13.1. The Morgan fingerprint density at radius 2 is 1.72 bits per heavy atom. The highest BCUT2D eigenvalue weighted by molar-refractivity contribution is 9.10. The predicted octanol–water partition coefficient (Wildman–Crippen LogP) is 5.71. The third-order valence-corrected chi connectivity index (χ3v) is 3.78. The van der Waals surface area contributed by atoms with E-state index < -0.39 is 17.0 Å². The molecule has 0 aliphatic carbocycles. The molecule has 18 heavy (non-hydrogen) atoms. The zero-order valence-corrected chi connectivity index (χ0v) is 12.0. The minimum atomic E-state index is -0.925. The van der Waals surface area contributed by atoms with Crippen molar-refractivity contribution in [3.8, 4) is 0 Å². The van der Waals surface area contributed by atoms with Crippen LogP contribution < -0.4 is 0 Å². The van der Waals surface area contributed by atoms with Crippen LogP contribution in [0.4, 0.5) is 8.78 Å². The number of hydrogen-bond donors (Lipinski definition) is 0. The average Bonchev–Trinajstić information content (AvgIpc) is 2.32. The average molecular weight is 352 g/mol. The van der Waals surface area contributed by atoms with Crippen molar-refractivity contribution in [2.75, 3.05) is 0 Å². The molecule has 0 radical (unpaired) electrons. The van der Waals surface area contributed by atoms with Crippen molar-refractivity contribution in [2.24, 2.45) is 0 Å². The molecule has 94 valence electrons. The lowest BCUT2D eigenvalue weighted by Gasteiger charge is -2.12. The number of hydrogen-bond acceptors (Lipinski definition) is 0. The van der Waals surface area contributed by atoms with Crippen LogP contribution in [0.1, 0.15) is 16.5 Å². The summed E-state index contributed by atoms with van der Waals surface area (Å²) in [6, 6.07) is 8.79. The summed E-state index contributed by atoms with van der Waals surface area (Å²) in [6.07, 6.45) is 0. The lowest BCUT2D eigenvalue weighted by molar-refractivity contribution is 0.507. The van der Waals surface area contributed by atoms with E-state index in [0.717, 1.165) is 16.6 Å². The van der Waals surface area contributed by atoms with Gasteiger partial charge in [-0.25, -0.2) is 8.78 Å². The third-order valence-electron chi connectivity index (χ3n) is 2.47. The van der Waals surface area contributed by atoms with E-state index in [-0.39, 0.29) is 0 Å². The zero-order chi connectivity index (χ0) is 13.3. The fourth-order valence-electron chi connectivity index (χ4n) is 1.56. The van der Waals surface area contributed by atoms with E-state index in [4.69, 9.17) is 23.2 Å². The third kappa shape index (κ3) is 2.85. The monoisotopic (exact) mass is 350 g/mol. The first kappa shape index (κ1) is 13.8. The summed E-state index contributed by atoms with van der Waals surface area (Å²) in [5.41, 5.74) is 1.10. The van der Waals surface area contributed by atoms with Crippen molar-refractivity contribution < 1.29 is 8.78 Å². The van der Waals surface area contributed by atoms with Crippen molar-refractivity contribution in [3.63, 3.8) is 0 Å². The minimum Gasteiger partial charge on any atom is -0.204 e. The molecular weight excluding hydrogens is 345 g/mol. The van der Waals surface area contributed by atoms with Gasteiger partial charge in [-0.1, -0.05) is 39.7 Å². The van der Waals surface area contributed by atoms with Gasteiger partial charge in [0.05, 0.1) is 5.38 Å². The second kappa shape index (κ2) is 5.55. The van der Waals surface area contributed by atoms with Gasteiger partial charge in [-0.05, 0) is 35.4 Å². The molecule has 1 unspecified atom stereocenters. The van der Waals surface area contributed by atoms with Crippen LogP contribution in [0.3, 0.4) is 0 Å². The Kier molecular flexibility index (Phi) is 4.25. The largest absolute Gasteiger partial charge is 0.204 e. The minimum absolute atomic E-state index is 0.458.